The Morgan fingerprint density at radius 2 is 1.91 bits per heavy atom. The largest absolute Gasteiger partial charge is 0.389 e. The van der Waals surface area contributed by atoms with Crippen molar-refractivity contribution in [2.75, 3.05) is 18.9 Å². The molecule has 0 spiro atoms. The molecule has 4 heteroatoms. The van der Waals surface area contributed by atoms with Crippen molar-refractivity contribution in [2.45, 2.75) is 53.2 Å². The average Bonchev–Trinajstić information content (AvgIpc) is 2.38. The Balaban J connectivity index is 2.99. The van der Waals surface area contributed by atoms with Crippen molar-refractivity contribution in [1.82, 2.24) is 4.90 Å². The molecular weight excluding hydrogens is 276 g/mol. The van der Waals surface area contributed by atoms with Gasteiger partial charge in [0.25, 0.3) is 5.91 Å². The summed E-state index contributed by atoms with van der Waals surface area (Å²) < 4.78 is 0. The second kappa shape index (κ2) is 7.14. The quantitative estimate of drug-likeness (QED) is 0.848. The van der Waals surface area contributed by atoms with Gasteiger partial charge >= 0.3 is 0 Å². The predicted molar refractivity (Wildman–Crippen MR) is 92.4 cm³/mol. The summed E-state index contributed by atoms with van der Waals surface area (Å²) in [6, 6.07) is 6.07. The second-order valence-corrected chi connectivity index (χ2v) is 7.13. The van der Waals surface area contributed by atoms with Gasteiger partial charge in [-0.25, -0.2) is 0 Å². The van der Waals surface area contributed by atoms with Gasteiger partial charge in [0.15, 0.2) is 0 Å². The van der Waals surface area contributed by atoms with Gasteiger partial charge in [0, 0.05) is 30.9 Å². The van der Waals surface area contributed by atoms with Gasteiger partial charge in [0.05, 0.1) is 5.60 Å². The van der Waals surface area contributed by atoms with E-state index in [1.807, 2.05) is 25.1 Å². The van der Waals surface area contributed by atoms with E-state index in [9.17, 15) is 9.90 Å². The Bertz CT molecular complexity index is 518. The third-order valence-electron chi connectivity index (χ3n) is 3.92. The maximum atomic E-state index is 12.6. The molecule has 0 fully saturated rings. The molecule has 1 unspecified atom stereocenters. The number of anilines is 1. The van der Waals surface area contributed by atoms with Gasteiger partial charge < -0.3 is 15.3 Å². The molecule has 1 aromatic carbocycles. The number of amides is 1. The summed E-state index contributed by atoms with van der Waals surface area (Å²) in [5.41, 5.74) is 1.71. The van der Waals surface area contributed by atoms with Crippen molar-refractivity contribution in [2.24, 2.45) is 5.92 Å². The van der Waals surface area contributed by atoms with Gasteiger partial charge in [-0.3, -0.25) is 4.79 Å². The van der Waals surface area contributed by atoms with Crippen LogP contribution in [0, 0.1) is 12.8 Å². The molecule has 2 N–H and O–H groups in total. The van der Waals surface area contributed by atoms with Crippen LogP contribution >= 0.6 is 0 Å². The molecule has 1 aromatic rings. The van der Waals surface area contributed by atoms with Gasteiger partial charge in [0.1, 0.15) is 0 Å². The van der Waals surface area contributed by atoms with Gasteiger partial charge in [-0.1, -0.05) is 19.9 Å². The van der Waals surface area contributed by atoms with Crippen LogP contribution in [0.4, 0.5) is 5.69 Å². The summed E-state index contributed by atoms with van der Waals surface area (Å²) in [4.78, 5) is 14.2. The fraction of sp³-hybridized carbons (Fsp3) is 0.611. The number of hydrogen-bond donors (Lipinski definition) is 2. The summed E-state index contributed by atoms with van der Waals surface area (Å²) >= 11 is 0. The Labute approximate surface area is 134 Å². The third kappa shape index (κ3) is 5.02. The van der Waals surface area contributed by atoms with Crippen LogP contribution < -0.4 is 5.32 Å². The van der Waals surface area contributed by atoms with E-state index in [1.165, 1.54) is 0 Å². The van der Waals surface area contributed by atoms with Crippen LogP contribution in [-0.4, -0.2) is 41.1 Å². The van der Waals surface area contributed by atoms with E-state index >= 15 is 0 Å². The highest BCUT2D eigenvalue weighted by molar-refractivity contribution is 5.97. The van der Waals surface area contributed by atoms with E-state index in [1.54, 1.807) is 25.8 Å². The van der Waals surface area contributed by atoms with Crippen LogP contribution in [0.2, 0.25) is 0 Å². The summed E-state index contributed by atoms with van der Waals surface area (Å²) in [6.45, 7) is 12.1. The SMILES string of the molecule is Cc1c(NC(C)C(C)C)cccc1C(=O)N(C)CC(C)(C)O. The molecule has 1 rings (SSSR count). The van der Waals surface area contributed by atoms with Gasteiger partial charge in [0.2, 0.25) is 0 Å². The van der Waals surface area contributed by atoms with Gasteiger partial charge in [-0.15, -0.1) is 0 Å². The lowest BCUT2D eigenvalue weighted by atomic mass is 10.0. The highest BCUT2D eigenvalue weighted by Gasteiger charge is 2.22. The summed E-state index contributed by atoms with van der Waals surface area (Å²) in [7, 11) is 1.72. The van der Waals surface area contributed by atoms with Crippen LogP contribution in [0.3, 0.4) is 0 Å². The smallest absolute Gasteiger partial charge is 0.254 e. The van der Waals surface area contributed by atoms with E-state index in [-0.39, 0.29) is 5.91 Å². The van der Waals surface area contributed by atoms with Crippen molar-refractivity contribution in [3.63, 3.8) is 0 Å². The van der Waals surface area contributed by atoms with Gasteiger partial charge in [-0.05, 0) is 51.3 Å². The maximum Gasteiger partial charge on any atom is 0.254 e. The normalized spacial score (nSPS) is 13.1. The first-order valence-electron chi connectivity index (χ1n) is 7.87. The third-order valence-corrected chi connectivity index (χ3v) is 3.92. The predicted octanol–water partition coefficient (Wildman–Crippen LogP) is 3.29. The van der Waals surface area contributed by atoms with Crippen LogP contribution in [0.25, 0.3) is 0 Å². The molecule has 0 aliphatic rings. The Morgan fingerprint density at radius 1 is 1.32 bits per heavy atom. The first-order chi connectivity index (χ1) is 10.0. The number of carbonyl (C=O) groups is 1. The first-order valence-corrected chi connectivity index (χ1v) is 7.87. The second-order valence-electron chi connectivity index (χ2n) is 7.13. The molecule has 0 aromatic heterocycles. The molecule has 1 amide bonds. The molecule has 4 nitrogen and oxygen atoms in total. The number of benzene rings is 1. The van der Waals surface area contributed by atoms with Crippen molar-refractivity contribution in [1.29, 1.82) is 0 Å². The number of carbonyl (C=O) groups excluding carboxylic acids is 1. The summed E-state index contributed by atoms with van der Waals surface area (Å²) in [6.07, 6.45) is 0. The lowest BCUT2D eigenvalue weighted by molar-refractivity contribution is 0.0367. The molecule has 0 saturated carbocycles. The van der Waals surface area contributed by atoms with Crippen LogP contribution in [0.15, 0.2) is 18.2 Å². The Morgan fingerprint density at radius 3 is 2.41 bits per heavy atom. The summed E-state index contributed by atoms with van der Waals surface area (Å²) in [5.74, 6) is 0.442. The van der Waals surface area contributed by atoms with Crippen molar-refractivity contribution in [3.05, 3.63) is 29.3 Å². The minimum Gasteiger partial charge on any atom is -0.389 e. The van der Waals surface area contributed by atoms with E-state index in [4.69, 9.17) is 0 Å². The van der Waals surface area contributed by atoms with Gasteiger partial charge in [-0.2, -0.15) is 0 Å². The zero-order valence-corrected chi connectivity index (χ0v) is 14.9. The minimum absolute atomic E-state index is 0.0690. The molecule has 0 aliphatic heterocycles. The van der Waals surface area contributed by atoms with Crippen molar-refractivity contribution >= 4 is 11.6 Å². The fourth-order valence-electron chi connectivity index (χ4n) is 2.29. The van der Waals surface area contributed by atoms with E-state index < -0.39 is 5.60 Å². The number of rotatable bonds is 6. The highest BCUT2D eigenvalue weighted by Crippen LogP contribution is 2.22. The lowest BCUT2D eigenvalue weighted by Crippen LogP contribution is -2.40. The summed E-state index contributed by atoms with van der Waals surface area (Å²) in [5, 5.41) is 13.4. The van der Waals surface area contributed by atoms with Crippen LogP contribution in [0.1, 0.15) is 50.5 Å². The molecule has 124 valence electrons. The van der Waals surface area contributed by atoms with E-state index in [0.717, 1.165) is 11.3 Å². The maximum absolute atomic E-state index is 12.6. The standard InChI is InChI=1S/C18H30N2O2/c1-12(2)14(4)19-16-10-8-9-15(13(16)3)17(21)20(7)11-18(5,6)22/h8-10,12,14,19,22H,11H2,1-7H3. The molecule has 0 bridgehead atoms. The molecule has 0 radical (unpaired) electrons. The first kappa shape index (κ1) is 18.5. The number of nitrogens with one attached hydrogen (secondary N) is 1. The zero-order chi connectivity index (χ0) is 17.1. The number of hydrogen-bond acceptors (Lipinski definition) is 3. The molecule has 22 heavy (non-hydrogen) atoms. The minimum atomic E-state index is -0.902. The van der Waals surface area contributed by atoms with Crippen LogP contribution in [-0.2, 0) is 0 Å². The molecule has 0 heterocycles. The zero-order valence-electron chi connectivity index (χ0n) is 14.9. The highest BCUT2D eigenvalue weighted by atomic mass is 16.3. The van der Waals surface area contributed by atoms with Crippen molar-refractivity contribution in [3.8, 4) is 0 Å². The fourth-order valence-corrected chi connectivity index (χ4v) is 2.29. The number of likely N-dealkylation sites (N-methyl/N-ethyl adjacent to an activating group) is 1. The Hall–Kier alpha value is -1.55. The molecular formula is C18H30N2O2. The number of aliphatic hydroxyl groups is 1. The molecule has 0 aliphatic carbocycles. The molecule has 0 saturated heterocycles. The van der Waals surface area contributed by atoms with Crippen LogP contribution in [0.5, 0.6) is 0 Å². The van der Waals surface area contributed by atoms with E-state index in [2.05, 4.69) is 26.1 Å². The molecule has 1 atom stereocenters. The average molecular weight is 306 g/mol. The topological polar surface area (TPSA) is 52.6 Å². The lowest BCUT2D eigenvalue weighted by Gasteiger charge is -2.27. The number of nitrogens with zero attached hydrogens (tertiary/aromatic N) is 1. The van der Waals surface area contributed by atoms with E-state index in [0.29, 0.717) is 24.1 Å². The Kier molecular flexibility index (Phi) is 6.00. The monoisotopic (exact) mass is 306 g/mol. The van der Waals surface area contributed by atoms with Crippen molar-refractivity contribution < 1.29 is 9.90 Å².